The zero-order chi connectivity index (χ0) is 21.4. The molecule has 1 N–H and O–H groups in total. The Morgan fingerprint density at radius 1 is 1.06 bits per heavy atom. The topological polar surface area (TPSA) is 78.5 Å². The van der Waals surface area contributed by atoms with Crippen LogP contribution in [0.3, 0.4) is 0 Å². The summed E-state index contributed by atoms with van der Waals surface area (Å²) in [5.41, 5.74) is 2.99. The summed E-state index contributed by atoms with van der Waals surface area (Å²) in [6.45, 7) is 1.70. The predicted octanol–water partition coefficient (Wildman–Crippen LogP) is 3.35. The predicted molar refractivity (Wildman–Crippen MR) is 117 cm³/mol. The Labute approximate surface area is 180 Å². The Balaban J connectivity index is 1.32. The van der Waals surface area contributed by atoms with Crippen molar-refractivity contribution in [2.75, 3.05) is 31.6 Å². The lowest BCUT2D eigenvalue weighted by molar-refractivity contribution is -0.124. The van der Waals surface area contributed by atoms with Crippen LogP contribution in [0, 0.1) is 5.41 Å². The zero-order valence-electron chi connectivity index (χ0n) is 17.4. The number of amides is 2. The van der Waals surface area contributed by atoms with Gasteiger partial charge in [-0.25, -0.2) is 0 Å². The van der Waals surface area contributed by atoms with E-state index in [-0.39, 0.29) is 11.8 Å². The van der Waals surface area contributed by atoms with Gasteiger partial charge in [-0.2, -0.15) is 5.10 Å². The van der Waals surface area contributed by atoms with Gasteiger partial charge in [-0.15, -0.1) is 0 Å². The van der Waals surface area contributed by atoms with E-state index in [2.05, 4.69) is 10.2 Å². The molecule has 2 aliphatic heterocycles. The lowest BCUT2D eigenvalue weighted by atomic mass is 9.85. The number of likely N-dealkylation sites (tertiary alicyclic amines) is 1. The van der Waals surface area contributed by atoms with Gasteiger partial charge in [0.1, 0.15) is 5.75 Å². The second kappa shape index (κ2) is 7.58. The molecule has 0 aliphatic carbocycles. The van der Waals surface area contributed by atoms with Crippen molar-refractivity contribution < 1.29 is 14.3 Å². The van der Waals surface area contributed by atoms with Crippen molar-refractivity contribution in [1.82, 2.24) is 15.1 Å². The number of para-hydroxylation sites is 1. The SMILES string of the molecule is COc1ccccc1C(=O)N1CCC2(CCN(c3ccc(-c4cn[nH]c4)cc3)C2=O)C1. The van der Waals surface area contributed by atoms with E-state index in [1.165, 1.54) is 0 Å². The molecule has 1 atom stereocenters. The third kappa shape index (κ3) is 3.26. The van der Waals surface area contributed by atoms with Gasteiger partial charge in [0.2, 0.25) is 5.91 Å². The lowest BCUT2D eigenvalue weighted by Crippen LogP contribution is -2.38. The van der Waals surface area contributed by atoms with Crippen molar-refractivity contribution in [3.8, 4) is 16.9 Å². The minimum absolute atomic E-state index is 0.0787. The molecule has 1 unspecified atom stereocenters. The Kier molecular flexibility index (Phi) is 4.73. The van der Waals surface area contributed by atoms with Crippen LogP contribution in [0.2, 0.25) is 0 Å². The first-order chi connectivity index (χ1) is 15.1. The average molecular weight is 416 g/mol. The van der Waals surface area contributed by atoms with E-state index < -0.39 is 5.41 Å². The second-order valence-corrected chi connectivity index (χ2v) is 8.20. The fourth-order valence-electron chi connectivity index (χ4n) is 4.73. The fraction of sp³-hybridized carbons (Fsp3) is 0.292. The molecule has 2 fully saturated rings. The quantitative estimate of drug-likeness (QED) is 0.707. The first-order valence-electron chi connectivity index (χ1n) is 10.4. The van der Waals surface area contributed by atoms with Gasteiger partial charge in [-0.3, -0.25) is 14.7 Å². The molecule has 0 saturated carbocycles. The summed E-state index contributed by atoms with van der Waals surface area (Å²) in [4.78, 5) is 30.2. The van der Waals surface area contributed by atoms with Crippen LogP contribution < -0.4 is 9.64 Å². The normalized spacial score (nSPS) is 20.6. The number of carbonyl (C=O) groups excluding carboxylic acids is 2. The standard InChI is InChI=1S/C24H24N4O3/c1-31-21-5-3-2-4-20(21)22(29)27-12-10-24(16-27)11-13-28(23(24)30)19-8-6-17(7-9-19)18-14-25-26-15-18/h2-9,14-15H,10-13,16H2,1H3,(H,25,26). The number of rotatable bonds is 4. The van der Waals surface area contributed by atoms with Crippen molar-refractivity contribution in [2.24, 2.45) is 5.41 Å². The largest absolute Gasteiger partial charge is 0.496 e. The molecule has 1 spiro atoms. The molecule has 7 nitrogen and oxygen atoms in total. The lowest BCUT2D eigenvalue weighted by Gasteiger charge is -2.24. The molecule has 31 heavy (non-hydrogen) atoms. The van der Waals surface area contributed by atoms with Gasteiger partial charge in [0.25, 0.3) is 5.91 Å². The van der Waals surface area contributed by atoms with Crippen molar-refractivity contribution >= 4 is 17.5 Å². The number of anilines is 1. The third-order valence-electron chi connectivity index (χ3n) is 6.50. The van der Waals surface area contributed by atoms with E-state index in [0.717, 1.165) is 23.2 Å². The van der Waals surface area contributed by atoms with Crippen molar-refractivity contribution in [1.29, 1.82) is 0 Å². The van der Waals surface area contributed by atoms with Crippen LogP contribution in [0.25, 0.3) is 11.1 Å². The van der Waals surface area contributed by atoms with Crippen LogP contribution in [0.4, 0.5) is 5.69 Å². The maximum atomic E-state index is 13.4. The van der Waals surface area contributed by atoms with E-state index in [0.29, 0.717) is 37.4 Å². The van der Waals surface area contributed by atoms with Gasteiger partial charge in [0, 0.05) is 37.1 Å². The Bertz CT molecular complexity index is 1110. The molecule has 2 aliphatic rings. The van der Waals surface area contributed by atoms with E-state index >= 15 is 0 Å². The van der Waals surface area contributed by atoms with Crippen LogP contribution in [-0.4, -0.2) is 53.7 Å². The summed E-state index contributed by atoms with van der Waals surface area (Å²) in [5, 5.41) is 6.80. The number of hydrogen-bond acceptors (Lipinski definition) is 4. The minimum Gasteiger partial charge on any atom is -0.496 e. The molecule has 2 amide bonds. The number of nitrogens with zero attached hydrogens (tertiary/aromatic N) is 3. The second-order valence-electron chi connectivity index (χ2n) is 8.20. The summed E-state index contributed by atoms with van der Waals surface area (Å²) < 4.78 is 5.35. The average Bonchev–Trinajstić information content (AvgIpc) is 3.56. The molecule has 7 heteroatoms. The molecule has 0 radical (unpaired) electrons. The summed E-state index contributed by atoms with van der Waals surface area (Å²) in [6.07, 6.45) is 5.06. The molecule has 2 aromatic carbocycles. The molecule has 158 valence electrons. The highest BCUT2D eigenvalue weighted by atomic mass is 16.5. The number of methoxy groups -OCH3 is 1. The number of benzene rings is 2. The van der Waals surface area contributed by atoms with Crippen LogP contribution in [0.5, 0.6) is 5.75 Å². The summed E-state index contributed by atoms with van der Waals surface area (Å²) in [5.74, 6) is 0.592. The smallest absolute Gasteiger partial charge is 0.257 e. The minimum atomic E-state index is -0.499. The van der Waals surface area contributed by atoms with Crippen molar-refractivity contribution in [3.63, 3.8) is 0 Å². The van der Waals surface area contributed by atoms with Gasteiger partial charge in [-0.05, 0) is 42.7 Å². The number of nitrogens with one attached hydrogen (secondary N) is 1. The Morgan fingerprint density at radius 2 is 1.84 bits per heavy atom. The van der Waals surface area contributed by atoms with Gasteiger partial charge < -0.3 is 14.5 Å². The molecule has 5 rings (SSSR count). The Hall–Kier alpha value is -3.61. The maximum absolute atomic E-state index is 13.4. The first-order valence-corrected chi connectivity index (χ1v) is 10.4. The van der Waals surface area contributed by atoms with Gasteiger partial charge in [-0.1, -0.05) is 24.3 Å². The summed E-state index contributed by atoms with van der Waals surface area (Å²) in [7, 11) is 1.56. The molecule has 0 bridgehead atoms. The highest BCUT2D eigenvalue weighted by molar-refractivity contribution is 6.02. The van der Waals surface area contributed by atoms with E-state index in [1.807, 2.05) is 47.5 Å². The number of aromatic amines is 1. The van der Waals surface area contributed by atoms with E-state index in [9.17, 15) is 9.59 Å². The zero-order valence-corrected chi connectivity index (χ0v) is 17.4. The molecular weight excluding hydrogens is 392 g/mol. The van der Waals surface area contributed by atoms with Crippen LogP contribution in [-0.2, 0) is 4.79 Å². The van der Waals surface area contributed by atoms with E-state index in [4.69, 9.17) is 4.74 Å². The number of carbonyl (C=O) groups is 2. The molecule has 2 saturated heterocycles. The van der Waals surface area contributed by atoms with Crippen LogP contribution in [0.1, 0.15) is 23.2 Å². The van der Waals surface area contributed by atoms with Crippen LogP contribution in [0.15, 0.2) is 60.9 Å². The molecule has 1 aromatic heterocycles. The Morgan fingerprint density at radius 3 is 2.58 bits per heavy atom. The molecular formula is C24H24N4O3. The van der Waals surface area contributed by atoms with Gasteiger partial charge in [0.05, 0.1) is 24.3 Å². The fourth-order valence-corrected chi connectivity index (χ4v) is 4.73. The molecule has 3 aromatic rings. The first kappa shape index (κ1) is 19.4. The van der Waals surface area contributed by atoms with Crippen molar-refractivity contribution in [3.05, 3.63) is 66.5 Å². The maximum Gasteiger partial charge on any atom is 0.257 e. The number of H-pyrrole nitrogens is 1. The summed E-state index contributed by atoms with van der Waals surface area (Å²) >= 11 is 0. The van der Waals surface area contributed by atoms with Crippen LogP contribution >= 0.6 is 0 Å². The van der Waals surface area contributed by atoms with Crippen molar-refractivity contribution in [2.45, 2.75) is 12.8 Å². The highest BCUT2D eigenvalue weighted by Crippen LogP contribution is 2.43. The monoisotopic (exact) mass is 416 g/mol. The third-order valence-corrected chi connectivity index (χ3v) is 6.50. The van der Waals surface area contributed by atoms with E-state index in [1.54, 1.807) is 30.3 Å². The van der Waals surface area contributed by atoms with Gasteiger partial charge in [0.15, 0.2) is 0 Å². The number of aromatic nitrogens is 2. The van der Waals surface area contributed by atoms with Gasteiger partial charge >= 0.3 is 0 Å². The summed E-state index contributed by atoms with van der Waals surface area (Å²) in [6, 6.07) is 15.2. The number of ether oxygens (including phenoxy) is 1. The molecule has 3 heterocycles. The highest BCUT2D eigenvalue weighted by Gasteiger charge is 2.52. The number of hydrogen-bond donors (Lipinski definition) is 1.